The van der Waals surface area contributed by atoms with E-state index in [-0.39, 0.29) is 11.8 Å². The van der Waals surface area contributed by atoms with Gasteiger partial charge < -0.3 is 24.7 Å². The number of ether oxygens (including phenoxy) is 2. The number of aromatic nitrogens is 1. The number of amides is 2. The topological polar surface area (TPSA) is 83.7 Å². The third-order valence-corrected chi connectivity index (χ3v) is 7.65. The second kappa shape index (κ2) is 11.0. The molecule has 8 heteroatoms. The Bertz CT molecular complexity index is 1780. The lowest BCUT2D eigenvalue weighted by Crippen LogP contribution is -2.36. The molecule has 2 N–H and O–H groups in total. The molecular formula is C33H28ClN3O4. The molecule has 1 aliphatic rings. The van der Waals surface area contributed by atoms with Crippen LogP contribution in [0.2, 0.25) is 5.02 Å². The van der Waals surface area contributed by atoms with Gasteiger partial charge >= 0.3 is 0 Å². The summed E-state index contributed by atoms with van der Waals surface area (Å²) in [4.78, 5) is 31.1. The van der Waals surface area contributed by atoms with Crippen molar-refractivity contribution in [1.82, 2.24) is 9.88 Å². The number of halogens is 1. The van der Waals surface area contributed by atoms with Crippen molar-refractivity contribution < 1.29 is 19.1 Å². The van der Waals surface area contributed by atoms with Crippen molar-refractivity contribution in [2.75, 3.05) is 26.1 Å². The van der Waals surface area contributed by atoms with Gasteiger partial charge in [0.05, 0.1) is 14.2 Å². The highest BCUT2D eigenvalue weighted by molar-refractivity contribution is 6.31. The Balaban J connectivity index is 1.17. The van der Waals surface area contributed by atoms with Gasteiger partial charge in [-0.3, -0.25) is 9.59 Å². The zero-order valence-electron chi connectivity index (χ0n) is 22.7. The predicted octanol–water partition coefficient (Wildman–Crippen LogP) is 6.96. The van der Waals surface area contributed by atoms with Crippen molar-refractivity contribution in [1.29, 1.82) is 0 Å². The summed E-state index contributed by atoms with van der Waals surface area (Å²) >= 11 is 6.01. The van der Waals surface area contributed by atoms with Crippen molar-refractivity contribution >= 4 is 40.0 Å². The van der Waals surface area contributed by atoms with E-state index in [0.29, 0.717) is 46.6 Å². The number of anilines is 1. The summed E-state index contributed by atoms with van der Waals surface area (Å²) in [6, 6.07) is 26.4. The first-order valence-electron chi connectivity index (χ1n) is 13.2. The molecule has 0 spiro atoms. The number of hydrogen-bond acceptors (Lipinski definition) is 4. The number of carbonyl (C=O) groups is 2. The number of nitrogens with one attached hydrogen (secondary N) is 2. The molecule has 7 nitrogen and oxygen atoms in total. The van der Waals surface area contributed by atoms with Gasteiger partial charge in [0.2, 0.25) is 0 Å². The van der Waals surface area contributed by atoms with E-state index in [2.05, 4.69) is 16.4 Å². The number of benzene rings is 4. The van der Waals surface area contributed by atoms with E-state index in [1.165, 1.54) is 5.56 Å². The van der Waals surface area contributed by atoms with E-state index in [4.69, 9.17) is 21.1 Å². The molecule has 2 heterocycles. The summed E-state index contributed by atoms with van der Waals surface area (Å²) in [6.07, 6.45) is 0.751. The van der Waals surface area contributed by atoms with Gasteiger partial charge in [-0.1, -0.05) is 35.9 Å². The maximum atomic E-state index is 13.5. The number of nitrogens with zero attached hydrogens (tertiary/aromatic N) is 1. The molecule has 0 fully saturated rings. The summed E-state index contributed by atoms with van der Waals surface area (Å²) in [5.41, 5.74) is 6.88. The molecule has 41 heavy (non-hydrogen) atoms. The first kappa shape index (κ1) is 26.5. The molecule has 1 aliphatic heterocycles. The van der Waals surface area contributed by atoms with Crippen LogP contribution in [0.15, 0.2) is 84.9 Å². The molecule has 4 aromatic carbocycles. The normalized spacial score (nSPS) is 12.6. The van der Waals surface area contributed by atoms with Gasteiger partial charge in [-0.25, -0.2) is 0 Å². The highest BCUT2D eigenvalue weighted by atomic mass is 35.5. The van der Waals surface area contributed by atoms with Crippen LogP contribution in [0, 0.1) is 0 Å². The number of aromatic amines is 1. The fourth-order valence-corrected chi connectivity index (χ4v) is 5.42. The van der Waals surface area contributed by atoms with Crippen molar-refractivity contribution in [3.63, 3.8) is 0 Å². The molecule has 0 saturated heterocycles. The lowest BCUT2D eigenvalue weighted by molar-refractivity contribution is 0.0729. The molecule has 0 atom stereocenters. The molecular weight excluding hydrogens is 538 g/mol. The number of hydrogen-bond donors (Lipinski definition) is 2. The van der Waals surface area contributed by atoms with Gasteiger partial charge in [-0.15, -0.1) is 0 Å². The van der Waals surface area contributed by atoms with Crippen LogP contribution in [0.4, 0.5) is 5.69 Å². The highest BCUT2D eigenvalue weighted by Gasteiger charge is 2.25. The molecule has 0 bridgehead atoms. The smallest absolute Gasteiger partial charge is 0.270 e. The molecule has 206 valence electrons. The van der Waals surface area contributed by atoms with Crippen LogP contribution >= 0.6 is 11.6 Å². The van der Waals surface area contributed by atoms with Crippen LogP contribution in [-0.4, -0.2) is 42.5 Å². The van der Waals surface area contributed by atoms with Gasteiger partial charge in [0.15, 0.2) is 11.5 Å². The van der Waals surface area contributed by atoms with Crippen LogP contribution in [0.1, 0.15) is 32.0 Å². The Kier molecular flexibility index (Phi) is 7.12. The van der Waals surface area contributed by atoms with Crippen LogP contribution in [0.25, 0.3) is 22.0 Å². The first-order valence-corrected chi connectivity index (χ1v) is 13.6. The van der Waals surface area contributed by atoms with E-state index in [1.54, 1.807) is 38.5 Å². The zero-order chi connectivity index (χ0) is 28.5. The number of H-pyrrole nitrogens is 1. The average Bonchev–Trinajstić information content (AvgIpc) is 3.43. The Morgan fingerprint density at radius 3 is 2.32 bits per heavy atom. The molecule has 0 unspecified atom stereocenters. The van der Waals surface area contributed by atoms with Crippen molar-refractivity contribution in [2.24, 2.45) is 0 Å². The van der Waals surface area contributed by atoms with Gasteiger partial charge in [0.1, 0.15) is 5.69 Å². The van der Waals surface area contributed by atoms with Gasteiger partial charge in [0.25, 0.3) is 11.8 Å². The highest BCUT2D eigenvalue weighted by Crippen LogP contribution is 2.34. The lowest BCUT2D eigenvalue weighted by Gasteiger charge is -2.29. The standard InChI is InChI=1S/C33H28ClN3O4/c1-40-30-17-22-12-13-37(19-25(22)18-31(30)41-2)33(39)29-16-24-14-21(8-11-28(24)36-29)20-6-9-27(10-7-20)35-32(38)23-4-3-5-26(34)15-23/h3-11,14-18,36H,12-13,19H2,1-2H3,(H,35,38). The van der Waals surface area contributed by atoms with Crippen LogP contribution in [0.3, 0.4) is 0 Å². The largest absolute Gasteiger partial charge is 0.493 e. The average molecular weight is 566 g/mol. The Morgan fingerprint density at radius 2 is 1.59 bits per heavy atom. The van der Waals surface area contributed by atoms with E-state index in [9.17, 15) is 9.59 Å². The molecule has 1 aromatic heterocycles. The molecule has 5 aromatic rings. The molecule has 2 amide bonds. The van der Waals surface area contributed by atoms with Crippen LogP contribution < -0.4 is 14.8 Å². The Labute approximate surface area is 242 Å². The van der Waals surface area contributed by atoms with Crippen molar-refractivity contribution in [3.8, 4) is 22.6 Å². The van der Waals surface area contributed by atoms with Crippen LogP contribution in [-0.2, 0) is 13.0 Å². The van der Waals surface area contributed by atoms with Crippen molar-refractivity contribution in [2.45, 2.75) is 13.0 Å². The van der Waals surface area contributed by atoms with E-state index < -0.39 is 0 Å². The van der Waals surface area contributed by atoms with Crippen LogP contribution in [0.5, 0.6) is 11.5 Å². The maximum absolute atomic E-state index is 13.5. The molecule has 6 rings (SSSR count). The minimum atomic E-state index is -0.220. The minimum absolute atomic E-state index is 0.0389. The Hall–Kier alpha value is -4.75. The predicted molar refractivity (Wildman–Crippen MR) is 161 cm³/mol. The second-order valence-corrected chi connectivity index (χ2v) is 10.4. The van der Waals surface area contributed by atoms with E-state index >= 15 is 0 Å². The van der Waals surface area contributed by atoms with Crippen molar-refractivity contribution in [3.05, 3.63) is 112 Å². The number of methoxy groups -OCH3 is 2. The summed E-state index contributed by atoms with van der Waals surface area (Å²) in [5, 5.41) is 4.37. The van der Waals surface area contributed by atoms with Gasteiger partial charge in [0, 0.05) is 40.3 Å². The van der Waals surface area contributed by atoms with Gasteiger partial charge in [-0.2, -0.15) is 0 Å². The number of fused-ring (bicyclic) bond motifs is 2. The quantitative estimate of drug-likeness (QED) is 0.233. The second-order valence-electron chi connectivity index (χ2n) is 9.98. The van der Waals surface area contributed by atoms with E-state index in [0.717, 1.165) is 34.0 Å². The summed E-state index contributed by atoms with van der Waals surface area (Å²) in [5.74, 6) is 1.11. The number of rotatable bonds is 6. The lowest BCUT2D eigenvalue weighted by atomic mass is 9.98. The monoisotopic (exact) mass is 565 g/mol. The maximum Gasteiger partial charge on any atom is 0.270 e. The van der Waals surface area contributed by atoms with Gasteiger partial charge in [-0.05, 0) is 89.3 Å². The summed E-state index contributed by atoms with van der Waals surface area (Å²) in [7, 11) is 3.24. The minimum Gasteiger partial charge on any atom is -0.493 e. The summed E-state index contributed by atoms with van der Waals surface area (Å²) < 4.78 is 10.9. The fraction of sp³-hybridized carbons (Fsp3) is 0.152. The Morgan fingerprint density at radius 1 is 0.854 bits per heavy atom. The number of carbonyl (C=O) groups excluding carboxylic acids is 2. The third kappa shape index (κ3) is 5.36. The third-order valence-electron chi connectivity index (χ3n) is 7.42. The summed E-state index contributed by atoms with van der Waals surface area (Å²) in [6.45, 7) is 1.14. The zero-order valence-corrected chi connectivity index (χ0v) is 23.4. The van der Waals surface area contributed by atoms with E-state index in [1.807, 2.05) is 59.5 Å². The molecule has 0 radical (unpaired) electrons. The fourth-order valence-electron chi connectivity index (χ4n) is 5.23. The molecule has 0 saturated carbocycles. The first-order chi connectivity index (χ1) is 19.9. The SMILES string of the molecule is COc1cc2c(cc1OC)CN(C(=O)c1cc3cc(-c4ccc(NC(=O)c5cccc(Cl)c5)cc4)ccc3[nH]1)CC2. The molecule has 0 aliphatic carbocycles.